The number of hydrogen-bond acceptors (Lipinski definition) is 6. The molecule has 1 aromatic carbocycles. The molecule has 0 bridgehead atoms. The van der Waals surface area contributed by atoms with E-state index in [0.717, 1.165) is 17.4 Å². The van der Waals surface area contributed by atoms with E-state index < -0.39 is 11.6 Å². The van der Waals surface area contributed by atoms with E-state index in [9.17, 15) is 19.2 Å². The molecule has 2 aliphatic rings. The van der Waals surface area contributed by atoms with Gasteiger partial charge in [0.1, 0.15) is 11.9 Å². The lowest BCUT2D eigenvalue weighted by atomic mass is 9.89. The largest absolute Gasteiger partial charge is 0.444 e. The van der Waals surface area contributed by atoms with E-state index in [1.54, 1.807) is 11.0 Å². The van der Waals surface area contributed by atoms with Gasteiger partial charge in [0.25, 0.3) is 0 Å². The van der Waals surface area contributed by atoms with Gasteiger partial charge in [-0.25, -0.2) is 4.79 Å². The molecule has 1 aromatic rings. The molecule has 0 spiro atoms. The summed E-state index contributed by atoms with van der Waals surface area (Å²) in [4.78, 5) is 50.7. The van der Waals surface area contributed by atoms with Crippen LogP contribution in [0.1, 0.15) is 61.0 Å². The van der Waals surface area contributed by atoms with Crippen molar-refractivity contribution in [3.8, 4) is 0 Å². The first-order valence-corrected chi connectivity index (χ1v) is 10.2. The zero-order chi connectivity index (χ0) is 22.1. The number of amides is 3. The Hall–Kier alpha value is -2.74. The van der Waals surface area contributed by atoms with Crippen LogP contribution in [0.2, 0.25) is 0 Å². The van der Waals surface area contributed by atoms with Crippen LogP contribution < -0.4 is 5.32 Å². The number of ether oxygens (including phenoxy) is 1. The molecule has 1 atom stereocenters. The number of likely N-dealkylation sites (tertiary alicyclic amines) is 1. The van der Waals surface area contributed by atoms with Crippen molar-refractivity contribution in [1.29, 1.82) is 0 Å². The zero-order valence-electron chi connectivity index (χ0n) is 17.9. The monoisotopic (exact) mass is 415 g/mol. The van der Waals surface area contributed by atoms with Crippen molar-refractivity contribution in [1.82, 2.24) is 15.1 Å². The summed E-state index contributed by atoms with van der Waals surface area (Å²) >= 11 is 0. The fourth-order valence-electron chi connectivity index (χ4n) is 3.78. The summed E-state index contributed by atoms with van der Waals surface area (Å²) in [7, 11) is 1.81. The summed E-state index contributed by atoms with van der Waals surface area (Å²) < 4.78 is 5.40. The van der Waals surface area contributed by atoms with Crippen molar-refractivity contribution in [2.75, 3.05) is 20.1 Å². The van der Waals surface area contributed by atoms with Gasteiger partial charge < -0.3 is 9.64 Å². The van der Waals surface area contributed by atoms with Gasteiger partial charge in [0, 0.05) is 37.5 Å². The molecule has 2 aliphatic heterocycles. The first-order valence-electron chi connectivity index (χ1n) is 10.2. The summed E-state index contributed by atoms with van der Waals surface area (Å²) in [6.45, 7) is 7.06. The van der Waals surface area contributed by atoms with E-state index in [2.05, 4.69) is 5.32 Å². The molecule has 162 valence electrons. The van der Waals surface area contributed by atoms with Crippen molar-refractivity contribution in [2.45, 2.75) is 57.7 Å². The van der Waals surface area contributed by atoms with Crippen molar-refractivity contribution in [3.05, 3.63) is 34.9 Å². The third-order valence-corrected chi connectivity index (χ3v) is 5.46. The number of nitrogens with one attached hydrogen (secondary N) is 1. The fourth-order valence-corrected chi connectivity index (χ4v) is 3.78. The molecule has 2 fully saturated rings. The molecule has 3 amide bonds. The number of likely N-dealkylation sites (N-methyl/N-ethyl adjacent to an activating group) is 1. The molecule has 0 aromatic heterocycles. The lowest BCUT2D eigenvalue weighted by Crippen LogP contribution is -2.51. The number of piperidine rings is 1. The Morgan fingerprint density at radius 2 is 2.00 bits per heavy atom. The minimum absolute atomic E-state index is 0.179. The SMILES string of the molecule is CN(Cc1cc(C2CN(C(=O)OC(C)(C)C)C2)ccc1C=O)C1CCC(=O)NC1=O. The molecule has 30 heavy (non-hydrogen) atoms. The van der Waals surface area contributed by atoms with Gasteiger partial charge in [-0.2, -0.15) is 0 Å². The third-order valence-electron chi connectivity index (χ3n) is 5.46. The van der Waals surface area contributed by atoms with Gasteiger partial charge in [0.15, 0.2) is 0 Å². The maximum atomic E-state index is 12.1. The number of hydrogen-bond donors (Lipinski definition) is 1. The first-order chi connectivity index (χ1) is 14.1. The van der Waals surface area contributed by atoms with E-state index in [1.807, 2.05) is 44.9 Å². The van der Waals surface area contributed by atoms with Crippen LogP contribution in [-0.4, -0.2) is 65.8 Å². The lowest BCUT2D eigenvalue weighted by Gasteiger charge is -2.40. The van der Waals surface area contributed by atoms with Gasteiger partial charge in [0.2, 0.25) is 11.8 Å². The number of benzene rings is 1. The molecule has 3 rings (SSSR count). The van der Waals surface area contributed by atoms with Crippen LogP contribution in [0, 0.1) is 0 Å². The maximum absolute atomic E-state index is 12.1. The van der Waals surface area contributed by atoms with Crippen LogP contribution in [0.4, 0.5) is 4.79 Å². The Kier molecular flexibility index (Phi) is 6.26. The Balaban J connectivity index is 1.66. The van der Waals surface area contributed by atoms with E-state index in [1.165, 1.54) is 0 Å². The molecular weight excluding hydrogens is 386 g/mol. The second-order valence-electron chi connectivity index (χ2n) is 9.04. The molecule has 8 nitrogen and oxygen atoms in total. The van der Waals surface area contributed by atoms with E-state index in [4.69, 9.17) is 4.74 Å². The molecule has 0 saturated carbocycles. The highest BCUT2D eigenvalue weighted by Gasteiger charge is 2.35. The highest BCUT2D eigenvalue weighted by Crippen LogP contribution is 2.30. The van der Waals surface area contributed by atoms with Crippen LogP contribution >= 0.6 is 0 Å². The summed E-state index contributed by atoms with van der Waals surface area (Å²) in [6.07, 6.45) is 1.26. The summed E-state index contributed by atoms with van der Waals surface area (Å²) in [6, 6.07) is 5.27. The van der Waals surface area contributed by atoms with Crippen molar-refractivity contribution in [3.63, 3.8) is 0 Å². The van der Waals surface area contributed by atoms with Gasteiger partial charge in [-0.1, -0.05) is 18.2 Å². The predicted octanol–water partition coefficient (Wildman–Crippen LogP) is 2.07. The quantitative estimate of drug-likeness (QED) is 0.584. The van der Waals surface area contributed by atoms with Gasteiger partial charge >= 0.3 is 6.09 Å². The lowest BCUT2D eigenvalue weighted by molar-refractivity contribution is -0.137. The molecule has 8 heteroatoms. The number of rotatable bonds is 5. The summed E-state index contributed by atoms with van der Waals surface area (Å²) in [5.74, 6) is -0.373. The highest BCUT2D eigenvalue weighted by atomic mass is 16.6. The molecular formula is C22H29N3O5. The second kappa shape index (κ2) is 8.55. The number of imide groups is 1. The van der Waals surface area contributed by atoms with E-state index in [0.29, 0.717) is 38.0 Å². The molecule has 0 radical (unpaired) electrons. The molecule has 2 heterocycles. The number of aldehydes is 1. The average Bonchev–Trinajstić information content (AvgIpc) is 2.59. The number of carbonyl (C=O) groups excluding carboxylic acids is 4. The van der Waals surface area contributed by atoms with Crippen LogP contribution in [0.5, 0.6) is 0 Å². The molecule has 0 aliphatic carbocycles. The predicted molar refractivity (Wildman–Crippen MR) is 110 cm³/mol. The fraction of sp³-hybridized carbons (Fsp3) is 0.545. The minimum Gasteiger partial charge on any atom is -0.444 e. The second-order valence-corrected chi connectivity index (χ2v) is 9.04. The number of carbonyl (C=O) groups is 4. The highest BCUT2D eigenvalue weighted by molar-refractivity contribution is 6.00. The Morgan fingerprint density at radius 1 is 1.30 bits per heavy atom. The minimum atomic E-state index is -0.526. The third kappa shape index (κ3) is 5.05. The van der Waals surface area contributed by atoms with Gasteiger partial charge in [-0.3, -0.25) is 24.6 Å². The van der Waals surface area contributed by atoms with Crippen molar-refractivity contribution >= 4 is 24.2 Å². The van der Waals surface area contributed by atoms with Gasteiger partial charge in [-0.15, -0.1) is 0 Å². The topological polar surface area (TPSA) is 96.0 Å². The zero-order valence-corrected chi connectivity index (χ0v) is 17.9. The first kappa shape index (κ1) is 22.0. The molecule has 1 unspecified atom stereocenters. The maximum Gasteiger partial charge on any atom is 0.410 e. The van der Waals surface area contributed by atoms with Crippen LogP contribution in [0.3, 0.4) is 0 Å². The van der Waals surface area contributed by atoms with Gasteiger partial charge in [-0.05, 0) is 45.4 Å². The normalized spacial score (nSPS) is 20.0. The summed E-state index contributed by atoms with van der Waals surface area (Å²) in [5, 5.41) is 2.37. The Labute approximate surface area is 176 Å². The van der Waals surface area contributed by atoms with Crippen molar-refractivity contribution in [2.24, 2.45) is 0 Å². The average molecular weight is 415 g/mol. The number of nitrogens with zero attached hydrogens (tertiary/aromatic N) is 2. The van der Waals surface area contributed by atoms with E-state index >= 15 is 0 Å². The smallest absolute Gasteiger partial charge is 0.410 e. The van der Waals surface area contributed by atoms with Crippen molar-refractivity contribution < 1.29 is 23.9 Å². The van der Waals surface area contributed by atoms with Crippen LogP contribution in [0.15, 0.2) is 18.2 Å². The van der Waals surface area contributed by atoms with Crippen LogP contribution in [0.25, 0.3) is 0 Å². The Bertz CT molecular complexity index is 855. The van der Waals surface area contributed by atoms with Crippen LogP contribution in [-0.2, 0) is 20.9 Å². The molecule has 2 saturated heterocycles. The Morgan fingerprint density at radius 3 is 2.60 bits per heavy atom. The van der Waals surface area contributed by atoms with E-state index in [-0.39, 0.29) is 23.8 Å². The van der Waals surface area contributed by atoms with Gasteiger partial charge in [0.05, 0.1) is 6.04 Å². The standard InChI is InChI=1S/C22H29N3O5/c1-22(2,3)30-21(29)25-11-17(12-25)14-5-6-15(13-26)16(9-14)10-24(4)18-7-8-19(27)23-20(18)28/h5-6,9,13,17-18H,7-8,10-12H2,1-4H3,(H,23,27,28). The summed E-state index contributed by atoms with van der Waals surface area (Å²) in [5.41, 5.74) is 1.92. The molecule has 1 N–H and O–H groups in total.